The van der Waals surface area contributed by atoms with Crippen molar-refractivity contribution in [3.05, 3.63) is 71.3 Å². The van der Waals surface area contributed by atoms with Gasteiger partial charge in [-0.25, -0.2) is 0 Å². The van der Waals surface area contributed by atoms with Crippen LogP contribution in [-0.4, -0.2) is 34.1 Å². The van der Waals surface area contributed by atoms with Crippen LogP contribution in [0.3, 0.4) is 0 Å². The van der Waals surface area contributed by atoms with Gasteiger partial charge in [0.15, 0.2) is 0 Å². The normalized spacial score (nSPS) is 29.6. The Balaban J connectivity index is 1.37. The Morgan fingerprint density at radius 3 is 1.59 bits per heavy atom. The van der Waals surface area contributed by atoms with E-state index in [1.807, 2.05) is 71.0 Å². The fourth-order valence-electron chi connectivity index (χ4n) is 9.03. The number of carbonyl (C=O) groups excluding carboxylic acids is 2. The smallest absolute Gasteiger partial charge is 0.315 e. The third kappa shape index (κ3) is 4.48. The fraction of sp³-hybridized carbons (Fsp3) is 0.421. The van der Waals surface area contributed by atoms with Gasteiger partial charge in [0.2, 0.25) is 0 Å². The highest BCUT2D eigenvalue weighted by molar-refractivity contribution is 6.14. The Morgan fingerprint density at radius 2 is 1.11 bits per heavy atom. The minimum Gasteiger partial charge on any atom is -0.481 e. The summed E-state index contributed by atoms with van der Waals surface area (Å²) in [5, 5.41) is 22.5. The van der Waals surface area contributed by atoms with Crippen molar-refractivity contribution in [3.63, 3.8) is 0 Å². The standard InChI is InChI=1S/C38H38O8/c1-17-13-19-15-24(17)30(34(39)40)27(19)36(43)45-32-21-9-6-7-10-22(21)33(29-23(32)11-8-12-26(29)38(3,4)5)46-37(44)28-20-14-18(2)25(16-20)31(28)35(41)42/h6-14,19-20,24-25,27-28,30-31H,15-16H2,1-5H3,(H,39,40)(H,41,42). The summed E-state index contributed by atoms with van der Waals surface area (Å²) in [6, 6.07) is 12.9. The van der Waals surface area contributed by atoms with E-state index in [1.165, 1.54) is 0 Å². The quantitative estimate of drug-likeness (QED) is 0.131. The number of carboxylic acids is 2. The number of aliphatic carboxylic acids is 2. The molecule has 2 fully saturated rings. The topological polar surface area (TPSA) is 127 Å². The Bertz CT molecular complexity index is 1910. The molecule has 0 saturated heterocycles. The predicted molar refractivity (Wildman–Crippen MR) is 171 cm³/mol. The van der Waals surface area contributed by atoms with Crippen molar-refractivity contribution in [1.82, 2.24) is 0 Å². The number of carbonyl (C=O) groups is 4. The Morgan fingerprint density at radius 1 is 0.652 bits per heavy atom. The first-order chi connectivity index (χ1) is 21.8. The Labute approximate surface area is 267 Å². The summed E-state index contributed by atoms with van der Waals surface area (Å²) >= 11 is 0. The molecule has 0 spiro atoms. The lowest BCUT2D eigenvalue weighted by molar-refractivity contribution is -0.152. The molecule has 0 aromatic heterocycles. The van der Waals surface area contributed by atoms with Crippen molar-refractivity contribution in [3.8, 4) is 11.5 Å². The maximum absolute atomic E-state index is 14.0. The molecule has 7 rings (SSSR count). The maximum Gasteiger partial charge on any atom is 0.315 e. The molecule has 0 aliphatic heterocycles. The van der Waals surface area contributed by atoms with Crippen LogP contribution < -0.4 is 9.47 Å². The van der Waals surface area contributed by atoms with Gasteiger partial charge in [0, 0.05) is 21.5 Å². The minimum absolute atomic E-state index is 0.193. The molecule has 3 aromatic carbocycles. The lowest BCUT2D eigenvalue weighted by atomic mass is 9.79. The van der Waals surface area contributed by atoms with Gasteiger partial charge in [-0.15, -0.1) is 0 Å². The third-order valence-corrected chi connectivity index (χ3v) is 11.0. The zero-order valence-corrected chi connectivity index (χ0v) is 26.6. The number of ether oxygens (including phenoxy) is 2. The van der Waals surface area contributed by atoms with E-state index in [0.29, 0.717) is 40.1 Å². The first kappa shape index (κ1) is 30.2. The van der Waals surface area contributed by atoms with E-state index in [1.54, 1.807) is 18.2 Å². The molecule has 3 aromatic rings. The number of hydrogen-bond acceptors (Lipinski definition) is 6. The molecular formula is C38H38O8. The van der Waals surface area contributed by atoms with Gasteiger partial charge in [-0.05, 0) is 61.3 Å². The average molecular weight is 623 g/mol. The third-order valence-electron chi connectivity index (χ3n) is 11.0. The maximum atomic E-state index is 14.0. The number of carboxylic acid groups (broad SMARTS) is 2. The van der Waals surface area contributed by atoms with Crippen molar-refractivity contribution in [2.24, 2.45) is 47.3 Å². The van der Waals surface area contributed by atoms with E-state index in [-0.39, 0.29) is 29.4 Å². The Hall–Kier alpha value is -4.46. The Kier molecular flexibility index (Phi) is 6.92. The molecule has 2 N–H and O–H groups in total. The molecule has 0 radical (unpaired) electrons. The van der Waals surface area contributed by atoms with Crippen molar-refractivity contribution in [1.29, 1.82) is 0 Å². The molecule has 0 heterocycles. The van der Waals surface area contributed by atoms with Crippen molar-refractivity contribution in [2.75, 3.05) is 0 Å². The first-order valence-electron chi connectivity index (χ1n) is 16.0. The van der Waals surface area contributed by atoms with Crippen LogP contribution in [0.25, 0.3) is 21.5 Å². The summed E-state index contributed by atoms with van der Waals surface area (Å²) < 4.78 is 12.6. The number of allylic oxidation sites excluding steroid dienone is 4. The van der Waals surface area contributed by atoms with Crippen molar-refractivity contribution >= 4 is 45.4 Å². The molecule has 4 aliphatic rings. The summed E-state index contributed by atoms with van der Waals surface area (Å²) in [5.41, 5.74) is 2.45. The summed E-state index contributed by atoms with van der Waals surface area (Å²) in [6.07, 6.45) is 5.23. The van der Waals surface area contributed by atoms with E-state index in [0.717, 1.165) is 16.7 Å². The average Bonchev–Trinajstić information content (AvgIpc) is 3.76. The van der Waals surface area contributed by atoms with Gasteiger partial charge < -0.3 is 19.7 Å². The van der Waals surface area contributed by atoms with E-state index in [9.17, 15) is 29.4 Å². The van der Waals surface area contributed by atoms with Crippen LogP contribution >= 0.6 is 0 Å². The molecule has 8 atom stereocenters. The highest BCUT2D eigenvalue weighted by Gasteiger charge is 2.56. The molecule has 2 saturated carbocycles. The molecule has 4 bridgehead atoms. The number of hydrogen-bond donors (Lipinski definition) is 2. The molecule has 238 valence electrons. The molecule has 0 amide bonds. The largest absolute Gasteiger partial charge is 0.481 e. The monoisotopic (exact) mass is 622 g/mol. The summed E-state index contributed by atoms with van der Waals surface area (Å²) in [5.74, 6) is -6.73. The summed E-state index contributed by atoms with van der Waals surface area (Å²) in [7, 11) is 0. The van der Waals surface area contributed by atoms with E-state index in [2.05, 4.69) is 0 Å². The lowest BCUT2D eigenvalue weighted by Crippen LogP contribution is -2.36. The highest BCUT2D eigenvalue weighted by atomic mass is 16.5. The minimum atomic E-state index is -1.00. The van der Waals surface area contributed by atoms with Crippen molar-refractivity contribution < 1.29 is 38.9 Å². The number of rotatable bonds is 6. The second-order valence-electron chi connectivity index (χ2n) is 14.6. The van der Waals surface area contributed by atoms with E-state index < -0.39 is 53.0 Å². The summed E-state index contributed by atoms with van der Waals surface area (Å²) in [6.45, 7) is 9.97. The van der Waals surface area contributed by atoms with Crippen LogP contribution in [-0.2, 0) is 24.6 Å². The molecule has 4 aliphatic carbocycles. The SMILES string of the molecule is CC1=CC2CC1C(C(=O)O)C2C(=O)Oc1c2ccccc2c(OC(=O)C2C3C=C(C)C(C3)C2C(=O)O)c2c(C(C)(C)C)cccc12. The van der Waals surface area contributed by atoms with Gasteiger partial charge in [0.25, 0.3) is 0 Å². The van der Waals surface area contributed by atoms with Crippen LogP contribution in [0.1, 0.15) is 53.0 Å². The van der Waals surface area contributed by atoms with Gasteiger partial charge >= 0.3 is 23.9 Å². The second-order valence-corrected chi connectivity index (χ2v) is 14.6. The van der Waals surface area contributed by atoms with Crippen LogP contribution in [0.2, 0.25) is 0 Å². The van der Waals surface area contributed by atoms with E-state index in [4.69, 9.17) is 9.47 Å². The zero-order valence-electron chi connectivity index (χ0n) is 26.6. The van der Waals surface area contributed by atoms with Crippen molar-refractivity contribution in [2.45, 2.75) is 52.9 Å². The molecule has 8 heteroatoms. The molecular weight excluding hydrogens is 584 g/mol. The lowest BCUT2D eigenvalue weighted by Gasteiger charge is -2.28. The van der Waals surface area contributed by atoms with Crippen LogP contribution in [0.5, 0.6) is 11.5 Å². The van der Waals surface area contributed by atoms with Gasteiger partial charge in [0.1, 0.15) is 11.5 Å². The number of fused-ring (bicyclic) bond motifs is 6. The van der Waals surface area contributed by atoms with Gasteiger partial charge in [-0.2, -0.15) is 0 Å². The fourth-order valence-corrected chi connectivity index (χ4v) is 9.03. The predicted octanol–water partition coefficient (Wildman–Crippen LogP) is 6.93. The van der Waals surface area contributed by atoms with Gasteiger partial charge in [-0.3, -0.25) is 19.2 Å². The molecule has 8 unspecified atom stereocenters. The van der Waals surface area contributed by atoms with Crippen LogP contribution in [0, 0.1) is 47.3 Å². The van der Waals surface area contributed by atoms with Gasteiger partial charge in [0.05, 0.1) is 23.7 Å². The molecule has 8 nitrogen and oxygen atoms in total. The zero-order chi connectivity index (χ0) is 32.8. The van der Waals surface area contributed by atoms with E-state index >= 15 is 0 Å². The first-order valence-corrected chi connectivity index (χ1v) is 16.0. The molecule has 46 heavy (non-hydrogen) atoms. The van der Waals surface area contributed by atoms with Crippen LogP contribution in [0.4, 0.5) is 0 Å². The van der Waals surface area contributed by atoms with Gasteiger partial charge in [-0.1, -0.05) is 86.5 Å². The number of benzene rings is 3. The second kappa shape index (κ2) is 10.5. The summed E-state index contributed by atoms with van der Waals surface area (Å²) in [4.78, 5) is 52.7. The van der Waals surface area contributed by atoms with Crippen LogP contribution in [0.15, 0.2) is 65.8 Å². The number of esters is 2. The highest BCUT2D eigenvalue weighted by Crippen LogP contribution is 2.55.